The normalized spacial score (nSPS) is 15.3. The SMILES string of the molecule is Cn1cc(C(=O)OCC(=O)N2CCCC2)c(C(F)(F)F)n1. The first kappa shape index (κ1) is 15.3. The van der Waals surface area contributed by atoms with Gasteiger partial charge in [0, 0.05) is 26.3 Å². The maximum Gasteiger partial charge on any atom is 0.436 e. The van der Waals surface area contributed by atoms with E-state index in [1.807, 2.05) is 0 Å². The molecular formula is C12H14F3N3O3. The molecule has 0 aromatic carbocycles. The Labute approximate surface area is 118 Å². The van der Waals surface area contributed by atoms with Crippen LogP contribution in [-0.4, -0.2) is 46.3 Å². The van der Waals surface area contributed by atoms with Crippen LogP contribution < -0.4 is 0 Å². The Hall–Kier alpha value is -2.06. The van der Waals surface area contributed by atoms with Gasteiger partial charge in [-0.1, -0.05) is 0 Å². The third kappa shape index (κ3) is 3.53. The van der Waals surface area contributed by atoms with Crippen molar-refractivity contribution in [3.63, 3.8) is 0 Å². The topological polar surface area (TPSA) is 64.4 Å². The number of amides is 1. The van der Waals surface area contributed by atoms with Gasteiger partial charge in [-0.2, -0.15) is 18.3 Å². The molecule has 21 heavy (non-hydrogen) atoms. The molecule has 6 nitrogen and oxygen atoms in total. The number of ether oxygens (including phenoxy) is 1. The minimum Gasteiger partial charge on any atom is -0.452 e. The number of alkyl halides is 3. The summed E-state index contributed by atoms with van der Waals surface area (Å²) in [5.74, 6) is -1.61. The van der Waals surface area contributed by atoms with Gasteiger partial charge in [0.2, 0.25) is 0 Å². The Balaban J connectivity index is 2.02. The van der Waals surface area contributed by atoms with Gasteiger partial charge in [-0.15, -0.1) is 0 Å². The molecule has 1 aromatic heterocycles. The summed E-state index contributed by atoms with van der Waals surface area (Å²) in [7, 11) is 1.27. The maximum atomic E-state index is 12.7. The zero-order chi connectivity index (χ0) is 15.6. The van der Waals surface area contributed by atoms with E-state index in [1.165, 1.54) is 11.9 Å². The molecule has 0 bridgehead atoms. The molecule has 1 fully saturated rings. The fourth-order valence-electron chi connectivity index (χ4n) is 2.11. The Morgan fingerprint density at radius 3 is 2.52 bits per heavy atom. The monoisotopic (exact) mass is 305 g/mol. The van der Waals surface area contributed by atoms with Gasteiger partial charge in [-0.3, -0.25) is 9.48 Å². The van der Waals surface area contributed by atoms with Gasteiger partial charge in [0.1, 0.15) is 5.56 Å². The number of carbonyl (C=O) groups is 2. The van der Waals surface area contributed by atoms with Gasteiger partial charge in [0.25, 0.3) is 5.91 Å². The Bertz CT molecular complexity index is 548. The van der Waals surface area contributed by atoms with Crippen LogP contribution in [0.5, 0.6) is 0 Å². The lowest BCUT2D eigenvalue weighted by Gasteiger charge is -2.14. The van der Waals surface area contributed by atoms with Crippen LogP contribution in [0.3, 0.4) is 0 Å². The summed E-state index contributed by atoms with van der Waals surface area (Å²) < 4.78 is 43.7. The van der Waals surface area contributed by atoms with Gasteiger partial charge < -0.3 is 9.64 Å². The predicted octanol–water partition coefficient (Wildman–Crippen LogP) is 1.22. The van der Waals surface area contributed by atoms with Crippen molar-refractivity contribution >= 4 is 11.9 Å². The lowest BCUT2D eigenvalue weighted by molar-refractivity contribution is -0.142. The van der Waals surface area contributed by atoms with Crippen molar-refractivity contribution in [1.29, 1.82) is 0 Å². The van der Waals surface area contributed by atoms with Gasteiger partial charge in [-0.25, -0.2) is 4.79 Å². The molecule has 0 aliphatic carbocycles. The average Bonchev–Trinajstić information content (AvgIpc) is 3.03. The molecule has 0 N–H and O–H groups in total. The molecule has 0 unspecified atom stereocenters. The quantitative estimate of drug-likeness (QED) is 0.788. The summed E-state index contributed by atoms with van der Waals surface area (Å²) in [4.78, 5) is 24.9. The van der Waals surface area contributed by atoms with E-state index in [4.69, 9.17) is 0 Å². The van der Waals surface area contributed by atoms with Crippen LogP contribution in [0.4, 0.5) is 13.2 Å². The third-order valence-electron chi connectivity index (χ3n) is 3.10. The molecule has 1 amide bonds. The fourth-order valence-corrected chi connectivity index (χ4v) is 2.11. The largest absolute Gasteiger partial charge is 0.452 e. The number of hydrogen-bond donors (Lipinski definition) is 0. The van der Waals surface area contributed by atoms with E-state index in [9.17, 15) is 22.8 Å². The van der Waals surface area contributed by atoms with Gasteiger partial charge in [-0.05, 0) is 12.8 Å². The smallest absolute Gasteiger partial charge is 0.436 e. The van der Waals surface area contributed by atoms with Crippen molar-refractivity contribution in [2.75, 3.05) is 19.7 Å². The van der Waals surface area contributed by atoms with E-state index in [0.29, 0.717) is 13.1 Å². The number of nitrogens with zero attached hydrogens (tertiary/aromatic N) is 3. The number of hydrogen-bond acceptors (Lipinski definition) is 4. The maximum absolute atomic E-state index is 12.7. The minimum absolute atomic E-state index is 0.404. The fraction of sp³-hybridized carbons (Fsp3) is 0.583. The Morgan fingerprint density at radius 2 is 1.95 bits per heavy atom. The molecule has 1 aliphatic heterocycles. The first-order chi connectivity index (χ1) is 9.79. The molecule has 9 heteroatoms. The highest BCUT2D eigenvalue weighted by molar-refractivity contribution is 5.92. The number of halogens is 3. The Morgan fingerprint density at radius 1 is 1.33 bits per heavy atom. The molecule has 0 spiro atoms. The first-order valence-electron chi connectivity index (χ1n) is 6.35. The van der Waals surface area contributed by atoms with E-state index >= 15 is 0 Å². The van der Waals surface area contributed by atoms with Crippen molar-refractivity contribution in [3.8, 4) is 0 Å². The van der Waals surface area contributed by atoms with Crippen molar-refractivity contribution in [2.45, 2.75) is 19.0 Å². The first-order valence-corrected chi connectivity index (χ1v) is 6.35. The summed E-state index contributed by atoms with van der Waals surface area (Å²) in [6.07, 6.45) is -2.08. The lowest BCUT2D eigenvalue weighted by Crippen LogP contribution is -2.32. The highest BCUT2D eigenvalue weighted by Gasteiger charge is 2.39. The van der Waals surface area contributed by atoms with Crippen molar-refractivity contribution in [3.05, 3.63) is 17.5 Å². The molecule has 2 rings (SSSR count). The van der Waals surface area contributed by atoms with Crippen LogP contribution in [0.15, 0.2) is 6.20 Å². The van der Waals surface area contributed by atoms with Crippen molar-refractivity contribution < 1.29 is 27.5 Å². The molecule has 0 atom stereocenters. The summed E-state index contributed by atoms with van der Waals surface area (Å²) in [5.41, 5.74) is -2.01. The molecular weight excluding hydrogens is 291 g/mol. The van der Waals surface area contributed by atoms with Crippen LogP contribution in [0.2, 0.25) is 0 Å². The van der Waals surface area contributed by atoms with E-state index < -0.39 is 35.9 Å². The number of aromatic nitrogens is 2. The van der Waals surface area contributed by atoms with Gasteiger partial charge in [0.05, 0.1) is 0 Å². The average molecular weight is 305 g/mol. The number of rotatable bonds is 3. The summed E-state index contributed by atoms with van der Waals surface area (Å²) in [6, 6.07) is 0. The number of carbonyl (C=O) groups excluding carboxylic acids is 2. The van der Waals surface area contributed by atoms with Crippen LogP contribution in [0.25, 0.3) is 0 Å². The number of likely N-dealkylation sites (tertiary alicyclic amines) is 1. The predicted molar refractivity (Wildman–Crippen MR) is 64.3 cm³/mol. The highest BCUT2D eigenvalue weighted by Crippen LogP contribution is 2.30. The van der Waals surface area contributed by atoms with Crippen LogP contribution in [-0.2, 0) is 22.8 Å². The minimum atomic E-state index is -4.76. The molecule has 1 saturated heterocycles. The van der Waals surface area contributed by atoms with Crippen molar-refractivity contribution in [1.82, 2.24) is 14.7 Å². The molecule has 1 aliphatic rings. The Kier molecular flexibility index (Phi) is 4.19. The standard InChI is InChI=1S/C12H14F3N3O3/c1-17-6-8(10(16-17)12(13,14)15)11(20)21-7-9(19)18-4-2-3-5-18/h6H,2-5,7H2,1H3. The van der Waals surface area contributed by atoms with E-state index in [2.05, 4.69) is 9.84 Å². The second kappa shape index (κ2) is 5.74. The van der Waals surface area contributed by atoms with E-state index in [0.717, 1.165) is 23.7 Å². The molecule has 1 aromatic rings. The van der Waals surface area contributed by atoms with Gasteiger partial charge in [0.15, 0.2) is 12.3 Å². The molecule has 0 radical (unpaired) electrons. The number of esters is 1. The second-order valence-electron chi connectivity index (χ2n) is 4.73. The van der Waals surface area contributed by atoms with Crippen LogP contribution >= 0.6 is 0 Å². The third-order valence-corrected chi connectivity index (χ3v) is 3.10. The van der Waals surface area contributed by atoms with E-state index in [1.54, 1.807) is 0 Å². The van der Waals surface area contributed by atoms with Crippen LogP contribution in [0.1, 0.15) is 28.9 Å². The lowest BCUT2D eigenvalue weighted by atomic mass is 10.2. The molecule has 116 valence electrons. The summed E-state index contributed by atoms with van der Waals surface area (Å²) in [5, 5.41) is 3.20. The van der Waals surface area contributed by atoms with E-state index in [-0.39, 0.29) is 0 Å². The zero-order valence-electron chi connectivity index (χ0n) is 11.3. The summed E-state index contributed by atoms with van der Waals surface area (Å²) >= 11 is 0. The second-order valence-corrected chi connectivity index (χ2v) is 4.73. The van der Waals surface area contributed by atoms with Gasteiger partial charge >= 0.3 is 12.1 Å². The number of aryl methyl sites for hydroxylation is 1. The molecule has 0 saturated carbocycles. The summed E-state index contributed by atoms with van der Waals surface area (Å²) in [6.45, 7) is 0.596. The highest BCUT2D eigenvalue weighted by atomic mass is 19.4. The van der Waals surface area contributed by atoms with Crippen molar-refractivity contribution in [2.24, 2.45) is 7.05 Å². The van der Waals surface area contributed by atoms with Crippen LogP contribution in [0, 0.1) is 0 Å². The molecule has 2 heterocycles. The zero-order valence-corrected chi connectivity index (χ0v) is 11.3.